The number of imide groups is 1. The highest BCUT2D eigenvalue weighted by atomic mass is 16.5. The van der Waals surface area contributed by atoms with Gasteiger partial charge in [0.15, 0.2) is 0 Å². The van der Waals surface area contributed by atoms with Crippen molar-refractivity contribution in [3.05, 3.63) is 59.7 Å². The van der Waals surface area contributed by atoms with Crippen molar-refractivity contribution in [2.24, 2.45) is 0 Å². The SMILES string of the molecule is CCOc1ccc(OCCNC(=O)CN2C(=O)c3ccccc3C2=O)cc1. The van der Waals surface area contributed by atoms with Crippen LogP contribution in [-0.2, 0) is 4.79 Å². The quantitative estimate of drug-likeness (QED) is 0.568. The zero-order valence-electron chi connectivity index (χ0n) is 14.9. The summed E-state index contributed by atoms with van der Waals surface area (Å²) in [6.45, 7) is 2.72. The van der Waals surface area contributed by atoms with Crippen molar-refractivity contribution in [1.29, 1.82) is 0 Å². The Hall–Kier alpha value is -3.35. The summed E-state index contributed by atoms with van der Waals surface area (Å²) < 4.78 is 10.9. The lowest BCUT2D eigenvalue weighted by atomic mass is 10.1. The number of carbonyl (C=O) groups excluding carboxylic acids is 3. The fourth-order valence-electron chi connectivity index (χ4n) is 2.74. The molecule has 2 aromatic rings. The minimum Gasteiger partial charge on any atom is -0.494 e. The Morgan fingerprint density at radius 1 is 0.926 bits per heavy atom. The molecule has 3 amide bonds. The third-order valence-electron chi connectivity index (χ3n) is 4.01. The van der Waals surface area contributed by atoms with Crippen LogP contribution in [0.2, 0.25) is 0 Å². The topological polar surface area (TPSA) is 84.9 Å². The molecule has 0 saturated heterocycles. The second-order valence-corrected chi connectivity index (χ2v) is 5.84. The van der Waals surface area contributed by atoms with Crippen LogP contribution in [0.1, 0.15) is 27.6 Å². The third-order valence-corrected chi connectivity index (χ3v) is 4.01. The molecule has 0 bridgehead atoms. The van der Waals surface area contributed by atoms with Crippen molar-refractivity contribution in [1.82, 2.24) is 10.2 Å². The molecule has 0 radical (unpaired) electrons. The van der Waals surface area contributed by atoms with Gasteiger partial charge in [-0.25, -0.2) is 0 Å². The number of nitrogens with zero attached hydrogens (tertiary/aromatic N) is 1. The molecule has 1 aliphatic heterocycles. The highest BCUT2D eigenvalue weighted by Crippen LogP contribution is 2.22. The zero-order chi connectivity index (χ0) is 19.2. The number of rotatable bonds is 8. The van der Waals surface area contributed by atoms with Gasteiger partial charge < -0.3 is 14.8 Å². The summed E-state index contributed by atoms with van der Waals surface area (Å²) in [6, 6.07) is 13.7. The van der Waals surface area contributed by atoms with E-state index in [1.807, 2.05) is 6.92 Å². The zero-order valence-corrected chi connectivity index (χ0v) is 14.9. The summed E-state index contributed by atoms with van der Waals surface area (Å²) in [5.41, 5.74) is 0.656. The van der Waals surface area contributed by atoms with Crippen molar-refractivity contribution >= 4 is 17.7 Å². The van der Waals surface area contributed by atoms with E-state index >= 15 is 0 Å². The molecule has 0 aromatic heterocycles. The summed E-state index contributed by atoms with van der Waals surface area (Å²) in [5.74, 6) is 0.111. The number of amides is 3. The van der Waals surface area contributed by atoms with Gasteiger partial charge in [-0.1, -0.05) is 12.1 Å². The van der Waals surface area contributed by atoms with Crippen molar-refractivity contribution < 1.29 is 23.9 Å². The molecule has 1 aliphatic rings. The molecular weight excluding hydrogens is 348 g/mol. The first-order valence-corrected chi connectivity index (χ1v) is 8.67. The van der Waals surface area contributed by atoms with Gasteiger partial charge in [0.05, 0.1) is 24.3 Å². The van der Waals surface area contributed by atoms with Crippen LogP contribution < -0.4 is 14.8 Å². The molecule has 0 aliphatic carbocycles. The second kappa shape index (κ2) is 8.35. The lowest BCUT2D eigenvalue weighted by molar-refractivity contribution is -0.121. The van der Waals surface area contributed by atoms with Crippen molar-refractivity contribution in [2.75, 3.05) is 26.3 Å². The minimum atomic E-state index is -0.448. The van der Waals surface area contributed by atoms with Gasteiger partial charge in [0.2, 0.25) is 5.91 Å². The van der Waals surface area contributed by atoms with E-state index in [0.29, 0.717) is 23.5 Å². The van der Waals surface area contributed by atoms with Crippen LogP contribution in [-0.4, -0.2) is 48.9 Å². The van der Waals surface area contributed by atoms with Gasteiger partial charge in [0.1, 0.15) is 24.7 Å². The molecule has 0 saturated carbocycles. The lowest BCUT2D eigenvalue weighted by Crippen LogP contribution is -2.41. The molecule has 140 valence electrons. The Morgan fingerprint density at radius 3 is 2.04 bits per heavy atom. The van der Waals surface area contributed by atoms with Gasteiger partial charge in [0.25, 0.3) is 11.8 Å². The Bertz CT molecular complexity index is 813. The average molecular weight is 368 g/mol. The summed E-state index contributed by atoms with van der Waals surface area (Å²) in [6.07, 6.45) is 0. The van der Waals surface area contributed by atoms with Crippen LogP contribution in [0.15, 0.2) is 48.5 Å². The largest absolute Gasteiger partial charge is 0.494 e. The standard InChI is InChI=1S/C20H20N2O5/c1-2-26-14-7-9-15(10-8-14)27-12-11-21-18(23)13-22-19(24)16-5-3-4-6-17(16)20(22)25/h3-10H,2,11-13H2,1H3,(H,21,23). The monoisotopic (exact) mass is 368 g/mol. The molecule has 0 spiro atoms. The predicted octanol–water partition coefficient (Wildman–Crippen LogP) is 1.88. The van der Waals surface area contributed by atoms with Crippen LogP contribution >= 0.6 is 0 Å². The Kier molecular flexibility index (Phi) is 5.71. The molecule has 7 heteroatoms. The molecular formula is C20H20N2O5. The molecule has 0 fully saturated rings. The number of benzene rings is 2. The second-order valence-electron chi connectivity index (χ2n) is 5.84. The van der Waals surface area contributed by atoms with Crippen molar-refractivity contribution in [3.8, 4) is 11.5 Å². The van der Waals surface area contributed by atoms with Gasteiger partial charge in [-0.05, 0) is 43.3 Å². The molecule has 0 atom stereocenters. The predicted molar refractivity (Wildman–Crippen MR) is 97.9 cm³/mol. The number of hydrogen-bond acceptors (Lipinski definition) is 5. The summed E-state index contributed by atoms with van der Waals surface area (Å²) in [5, 5.41) is 2.64. The average Bonchev–Trinajstić information content (AvgIpc) is 2.92. The fourth-order valence-corrected chi connectivity index (χ4v) is 2.74. The first-order valence-electron chi connectivity index (χ1n) is 8.67. The van der Waals surface area contributed by atoms with Gasteiger partial charge >= 0.3 is 0 Å². The van der Waals surface area contributed by atoms with Crippen molar-refractivity contribution in [3.63, 3.8) is 0 Å². The highest BCUT2D eigenvalue weighted by molar-refractivity contribution is 6.22. The van der Waals surface area contributed by atoms with Crippen LogP contribution in [0, 0.1) is 0 Å². The maximum Gasteiger partial charge on any atom is 0.262 e. The van der Waals surface area contributed by atoms with Crippen LogP contribution in [0.5, 0.6) is 11.5 Å². The molecule has 1 N–H and O–H groups in total. The normalized spacial score (nSPS) is 12.7. The van der Waals surface area contributed by atoms with E-state index in [1.54, 1.807) is 48.5 Å². The smallest absolute Gasteiger partial charge is 0.262 e. The van der Waals surface area contributed by atoms with Crippen LogP contribution in [0.4, 0.5) is 0 Å². The first-order chi connectivity index (χ1) is 13.1. The number of nitrogens with one attached hydrogen (secondary N) is 1. The summed E-state index contributed by atoms with van der Waals surface area (Å²) in [7, 11) is 0. The molecule has 2 aromatic carbocycles. The van der Waals surface area contributed by atoms with E-state index in [2.05, 4.69) is 5.32 Å². The van der Waals surface area contributed by atoms with E-state index in [9.17, 15) is 14.4 Å². The van der Waals surface area contributed by atoms with Crippen LogP contribution in [0.3, 0.4) is 0 Å². The number of ether oxygens (including phenoxy) is 2. The van der Waals surface area contributed by atoms with E-state index in [4.69, 9.17) is 9.47 Å². The number of hydrogen-bond donors (Lipinski definition) is 1. The van der Waals surface area contributed by atoms with Gasteiger partial charge in [-0.15, -0.1) is 0 Å². The Labute approximate surface area is 156 Å². The van der Waals surface area contributed by atoms with Gasteiger partial charge in [-0.3, -0.25) is 19.3 Å². The third kappa shape index (κ3) is 4.25. The highest BCUT2D eigenvalue weighted by Gasteiger charge is 2.36. The number of fused-ring (bicyclic) bond motifs is 1. The van der Waals surface area contributed by atoms with Crippen molar-refractivity contribution in [2.45, 2.75) is 6.92 Å². The van der Waals surface area contributed by atoms with E-state index in [1.165, 1.54) is 0 Å². The van der Waals surface area contributed by atoms with E-state index in [-0.39, 0.29) is 19.7 Å². The molecule has 27 heavy (non-hydrogen) atoms. The lowest BCUT2D eigenvalue weighted by Gasteiger charge is -2.14. The maximum absolute atomic E-state index is 12.2. The molecule has 3 rings (SSSR count). The summed E-state index contributed by atoms with van der Waals surface area (Å²) >= 11 is 0. The maximum atomic E-state index is 12.2. The van der Waals surface area contributed by atoms with E-state index in [0.717, 1.165) is 10.6 Å². The minimum absolute atomic E-state index is 0.259. The Morgan fingerprint density at radius 2 is 1.48 bits per heavy atom. The Balaban J connectivity index is 1.43. The number of carbonyl (C=O) groups is 3. The fraction of sp³-hybridized carbons (Fsp3) is 0.250. The molecule has 7 nitrogen and oxygen atoms in total. The van der Waals surface area contributed by atoms with Crippen LogP contribution in [0.25, 0.3) is 0 Å². The molecule has 1 heterocycles. The van der Waals surface area contributed by atoms with Gasteiger partial charge in [-0.2, -0.15) is 0 Å². The molecule has 0 unspecified atom stereocenters. The summed E-state index contributed by atoms with van der Waals surface area (Å²) in [4.78, 5) is 37.4. The van der Waals surface area contributed by atoms with Gasteiger partial charge in [0, 0.05) is 0 Å². The van der Waals surface area contributed by atoms with E-state index < -0.39 is 17.7 Å². The first kappa shape index (κ1) is 18.4.